The summed E-state index contributed by atoms with van der Waals surface area (Å²) in [5.41, 5.74) is 8.98. The lowest BCUT2D eigenvalue weighted by molar-refractivity contribution is 0.262. The molecule has 6 nitrogen and oxygen atoms in total. The molecule has 0 saturated heterocycles. The van der Waals surface area contributed by atoms with Crippen molar-refractivity contribution in [3.63, 3.8) is 0 Å². The first-order valence-corrected chi connectivity index (χ1v) is 8.37. The van der Waals surface area contributed by atoms with Crippen LogP contribution < -0.4 is 16.4 Å². The molecule has 140 valence electrons. The summed E-state index contributed by atoms with van der Waals surface area (Å²) in [6.45, 7) is 0. The van der Waals surface area contributed by atoms with Gasteiger partial charge in [-0.1, -0.05) is 24.3 Å². The molecule has 0 aliphatic rings. The van der Waals surface area contributed by atoms with Crippen LogP contribution in [0.25, 0.3) is 22.0 Å². The molecule has 0 unspecified atom stereocenters. The molecule has 0 radical (unpaired) electrons. The number of hydrogen-bond donors (Lipinski definition) is 4. The third-order valence-electron chi connectivity index (χ3n) is 4.25. The Bertz CT molecular complexity index is 1170. The van der Waals surface area contributed by atoms with E-state index in [2.05, 4.69) is 20.8 Å². The molecular formula is C20H15F2N5O. The van der Waals surface area contributed by atoms with Gasteiger partial charge in [0, 0.05) is 11.8 Å². The SMILES string of the molecule is Nc1n[nH]c2cccc(-c3ccc(NC(=O)Nc4ccc(F)cc4F)cc3)c12. The lowest BCUT2D eigenvalue weighted by Crippen LogP contribution is -2.20. The van der Waals surface area contributed by atoms with Crippen molar-refractivity contribution >= 4 is 34.1 Å². The fraction of sp³-hybridized carbons (Fsp3) is 0. The Balaban J connectivity index is 1.51. The summed E-state index contributed by atoms with van der Waals surface area (Å²) < 4.78 is 26.6. The van der Waals surface area contributed by atoms with Crippen LogP contribution in [0, 0.1) is 11.6 Å². The molecule has 0 bridgehead atoms. The lowest BCUT2D eigenvalue weighted by atomic mass is 10.0. The minimum absolute atomic E-state index is 0.113. The highest BCUT2D eigenvalue weighted by Crippen LogP contribution is 2.31. The van der Waals surface area contributed by atoms with E-state index in [9.17, 15) is 13.6 Å². The van der Waals surface area contributed by atoms with E-state index in [1.165, 1.54) is 0 Å². The topological polar surface area (TPSA) is 95.8 Å². The van der Waals surface area contributed by atoms with Crippen LogP contribution in [0.3, 0.4) is 0 Å². The summed E-state index contributed by atoms with van der Waals surface area (Å²) in [7, 11) is 0. The van der Waals surface area contributed by atoms with E-state index in [4.69, 9.17) is 5.73 Å². The number of nitrogens with two attached hydrogens (primary N) is 1. The summed E-state index contributed by atoms with van der Waals surface area (Å²) in [5.74, 6) is -1.16. The number of anilines is 3. The van der Waals surface area contributed by atoms with Gasteiger partial charge in [0.2, 0.25) is 0 Å². The molecule has 1 aromatic heterocycles. The molecule has 4 rings (SSSR count). The Hall–Kier alpha value is -3.94. The number of aromatic nitrogens is 2. The number of H-pyrrole nitrogens is 1. The molecule has 0 spiro atoms. The van der Waals surface area contributed by atoms with Crippen molar-refractivity contribution in [3.05, 3.63) is 72.3 Å². The predicted molar refractivity (Wildman–Crippen MR) is 105 cm³/mol. The Labute approximate surface area is 158 Å². The summed E-state index contributed by atoms with van der Waals surface area (Å²) in [5, 5.41) is 12.7. The number of carbonyl (C=O) groups excluding carboxylic acids is 1. The van der Waals surface area contributed by atoms with Crippen molar-refractivity contribution in [1.29, 1.82) is 0 Å². The number of urea groups is 1. The van der Waals surface area contributed by atoms with Crippen LogP contribution in [0.4, 0.5) is 30.8 Å². The van der Waals surface area contributed by atoms with Crippen molar-refractivity contribution in [2.75, 3.05) is 16.4 Å². The summed E-state index contributed by atoms with van der Waals surface area (Å²) in [4.78, 5) is 12.0. The highest BCUT2D eigenvalue weighted by atomic mass is 19.1. The molecule has 5 N–H and O–H groups in total. The fourth-order valence-electron chi connectivity index (χ4n) is 2.95. The second-order valence-electron chi connectivity index (χ2n) is 6.12. The predicted octanol–water partition coefficient (Wildman–Crippen LogP) is 4.73. The van der Waals surface area contributed by atoms with Gasteiger partial charge in [0.05, 0.1) is 16.6 Å². The van der Waals surface area contributed by atoms with Crippen LogP contribution in [-0.4, -0.2) is 16.2 Å². The van der Waals surface area contributed by atoms with Crippen molar-refractivity contribution in [1.82, 2.24) is 10.2 Å². The summed E-state index contributed by atoms with van der Waals surface area (Å²) in [6, 6.07) is 15.1. The molecule has 8 heteroatoms. The molecule has 0 atom stereocenters. The number of fused-ring (bicyclic) bond motifs is 1. The fourth-order valence-corrected chi connectivity index (χ4v) is 2.95. The number of hydrogen-bond acceptors (Lipinski definition) is 3. The van der Waals surface area contributed by atoms with Crippen LogP contribution in [0.15, 0.2) is 60.7 Å². The van der Waals surface area contributed by atoms with Crippen LogP contribution in [0.5, 0.6) is 0 Å². The molecule has 2 amide bonds. The Morgan fingerprint density at radius 2 is 1.79 bits per heavy atom. The van der Waals surface area contributed by atoms with E-state index in [1.807, 2.05) is 30.3 Å². The van der Waals surface area contributed by atoms with Gasteiger partial charge < -0.3 is 16.4 Å². The Kier molecular flexibility index (Phi) is 4.36. The van der Waals surface area contributed by atoms with E-state index >= 15 is 0 Å². The highest BCUT2D eigenvalue weighted by Gasteiger charge is 2.11. The third kappa shape index (κ3) is 3.35. The van der Waals surface area contributed by atoms with Gasteiger partial charge in [-0.25, -0.2) is 13.6 Å². The van der Waals surface area contributed by atoms with Gasteiger partial charge >= 0.3 is 6.03 Å². The Morgan fingerprint density at radius 3 is 2.54 bits per heavy atom. The lowest BCUT2D eigenvalue weighted by Gasteiger charge is -2.10. The van der Waals surface area contributed by atoms with E-state index < -0.39 is 17.7 Å². The molecule has 0 aliphatic carbocycles. The molecule has 0 aliphatic heterocycles. The van der Waals surface area contributed by atoms with Gasteiger partial charge in [0.1, 0.15) is 11.6 Å². The number of benzene rings is 3. The largest absolute Gasteiger partial charge is 0.382 e. The van der Waals surface area contributed by atoms with Crippen molar-refractivity contribution in [2.45, 2.75) is 0 Å². The summed E-state index contributed by atoms with van der Waals surface area (Å²) >= 11 is 0. The van der Waals surface area contributed by atoms with Crippen LogP contribution in [0.1, 0.15) is 0 Å². The van der Waals surface area contributed by atoms with E-state index in [0.29, 0.717) is 17.6 Å². The minimum atomic E-state index is -0.851. The van der Waals surface area contributed by atoms with Crippen molar-refractivity contribution < 1.29 is 13.6 Å². The van der Waals surface area contributed by atoms with E-state index in [1.54, 1.807) is 12.1 Å². The number of carbonyl (C=O) groups is 1. The number of nitrogens with zero attached hydrogens (tertiary/aromatic N) is 1. The average Bonchev–Trinajstić information content (AvgIpc) is 3.06. The molecule has 0 fully saturated rings. The van der Waals surface area contributed by atoms with Gasteiger partial charge in [-0.2, -0.15) is 5.10 Å². The molecular weight excluding hydrogens is 364 g/mol. The molecule has 4 aromatic rings. The monoisotopic (exact) mass is 379 g/mol. The van der Waals surface area contributed by atoms with Gasteiger partial charge in [0.25, 0.3) is 0 Å². The second-order valence-corrected chi connectivity index (χ2v) is 6.12. The third-order valence-corrected chi connectivity index (χ3v) is 4.25. The van der Waals surface area contributed by atoms with E-state index in [-0.39, 0.29) is 5.69 Å². The number of rotatable bonds is 3. The minimum Gasteiger partial charge on any atom is -0.382 e. The number of nitrogens with one attached hydrogen (secondary N) is 3. The van der Waals surface area contributed by atoms with Gasteiger partial charge in [-0.05, 0) is 41.5 Å². The maximum Gasteiger partial charge on any atom is 0.323 e. The number of amides is 2. The molecule has 28 heavy (non-hydrogen) atoms. The van der Waals surface area contributed by atoms with Gasteiger partial charge in [-0.3, -0.25) is 5.10 Å². The van der Waals surface area contributed by atoms with Crippen molar-refractivity contribution in [2.24, 2.45) is 0 Å². The standard InChI is InChI=1S/C20H15F2N5O/c21-12-6-9-16(15(22)10-12)25-20(28)24-13-7-4-11(5-8-13)14-2-1-3-17-18(14)19(23)27-26-17/h1-10H,(H3,23,26,27)(H2,24,25,28). The quantitative estimate of drug-likeness (QED) is 0.414. The normalized spacial score (nSPS) is 10.8. The van der Waals surface area contributed by atoms with E-state index in [0.717, 1.165) is 34.2 Å². The first kappa shape index (κ1) is 17.5. The molecule has 1 heterocycles. The van der Waals surface area contributed by atoms with Crippen LogP contribution in [-0.2, 0) is 0 Å². The second kappa shape index (κ2) is 6.99. The smallest absolute Gasteiger partial charge is 0.323 e. The average molecular weight is 379 g/mol. The summed E-state index contributed by atoms with van der Waals surface area (Å²) in [6.07, 6.45) is 0. The first-order chi connectivity index (χ1) is 13.5. The number of aromatic amines is 1. The van der Waals surface area contributed by atoms with Crippen LogP contribution >= 0.6 is 0 Å². The first-order valence-electron chi connectivity index (χ1n) is 8.37. The molecule has 3 aromatic carbocycles. The van der Waals surface area contributed by atoms with Gasteiger partial charge in [-0.15, -0.1) is 0 Å². The molecule has 0 saturated carbocycles. The number of halogens is 2. The zero-order valence-electron chi connectivity index (χ0n) is 14.5. The zero-order valence-corrected chi connectivity index (χ0v) is 14.5. The van der Waals surface area contributed by atoms with Crippen LogP contribution in [0.2, 0.25) is 0 Å². The Morgan fingerprint density at radius 1 is 1.00 bits per heavy atom. The zero-order chi connectivity index (χ0) is 19.7. The maximum absolute atomic E-state index is 13.6. The highest BCUT2D eigenvalue weighted by molar-refractivity contribution is 6.02. The van der Waals surface area contributed by atoms with Crippen molar-refractivity contribution in [3.8, 4) is 11.1 Å². The number of nitrogen functional groups attached to an aromatic ring is 1. The maximum atomic E-state index is 13.6. The van der Waals surface area contributed by atoms with Gasteiger partial charge in [0.15, 0.2) is 5.82 Å².